The molecule has 0 aromatic rings. The maximum atomic E-state index is 12.1. The molecule has 0 bridgehead atoms. The lowest BCUT2D eigenvalue weighted by molar-refractivity contribution is -0.125. The predicted molar refractivity (Wildman–Crippen MR) is 78.1 cm³/mol. The van der Waals surface area contributed by atoms with Gasteiger partial charge in [0.25, 0.3) is 0 Å². The molecule has 0 aromatic carbocycles. The van der Waals surface area contributed by atoms with Gasteiger partial charge in [-0.25, -0.2) is 4.79 Å². The van der Waals surface area contributed by atoms with Gasteiger partial charge in [-0.15, -0.1) is 0 Å². The van der Waals surface area contributed by atoms with Crippen molar-refractivity contribution in [3.05, 3.63) is 0 Å². The summed E-state index contributed by atoms with van der Waals surface area (Å²) in [5.41, 5.74) is 4.05. The highest BCUT2D eigenvalue weighted by Crippen LogP contribution is 2.09. The lowest BCUT2D eigenvalue weighted by atomic mass is 9.98. The second-order valence-corrected chi connectivity index (χ2v) is 5.82. The van der Waals surface area contributed by atoms with Crippen molar-refractivity contribution in [2.75, 3.05) is 27.2 Å². The molecule has 118 valence electrons. The number of nitrogens with zero attached hydrogens (tertiary/aromatic N) is 1. The van der Waals surface area contributed by atoms with Crippen LogP contribution in [0.5, 0.6) is 0 Å². The number of primary amides is 1. The van der Waals surface area contributed by atoms with Crippen molar-refractivity contribution in [3.8, 4) is 0 Å². The van der Waals surface area contributed by atoms with Crippen LogP contribution in [0, 0.1) is 5.92 Å². The third-order valence-electron chi connectivity index (χ3n) is 3.09. The van der Waals surface area contributed by atoms with E-state index < -0.39 is 17.7 Å². The van der Waals surface area contributed by atoms with E-state index in [1.165, 1.54) is 0 Å². The van der Waals surface area contributed by atoms with Crippen LogP contribution in [0.15, 0.2) is 0 Å². The summed E-state index contributed by atoms with van der Waals surface area (Å²) in [6.45, 7) is 5.96. The summed E-state index contributed by atoms with van der Waals surface area (Å²) in [5, 5.41) is 15.2. The molecule has 3 amide bonds. The number of amides is 3. The number of rotatable bonds is 8. The van der Waals surface area contributed by atoms with Crippen molar-refractivity contribution in [2.24, 2.45) is 11.7 Å². The first-order valence-corrected chi connectivity index (χ1v) is 6.80. The van der Waals surface area contributed by atoms with E-state index >= 15 is 0 Å². The number of urea groups is 1. The molecule has 0 radical (unpaired) electrons. The molecule has 0 aromatic heterocycles. The number of hydrogen-bond acceptors (Lipinski definition) is 4. The zero-order valence-corrected chi connectivity index (χ0v) is 13.1. The van der Waals surface area contributed by atoms with Gasteiger partial charge in [0, 0.05) is 13.1 Å². The number of hydrogen-bond donors (Lipinski definition) is 4. The highest BCUT2D eigenvalue weighted by molar-refractivity contribution is 5.86. The first-order chi connectivity index (χ1) is 9.09. The molecule has 0 rings (SSSR count). The van der Waals surface area contributed by atoms with E-state index in [0.29, 0.717) is 6.54 Å². The van der Waals surface area contributed by atoms with Crippen LogP contribution >= 0.6 is 0 Å². The molecule has 0 aliphatic heterocycles. The Morgan fingerprint density at radius 3 is 2.35 bits per heavy atom. The summed E-state index contributed by atoms with van der Waals surface area (Å²) < 4.78 is 0. The largest absolute Gasteiger partial charge is 0.387 e. The van der Waals surface area contributed by atoms with Crippen LogP contribution in [-0.2, 0) is 4.79 Å². The number of nitrogens with one attached hydrogen (secondary N) is 2. The Morgan fingerprint density at radius 1 is 1.40 bits per heavy atom. The topological polar surface area (TPSA) is 108 Å². The molecule has 0 spiro atoms. The Balaban J connectivity index is 4.57. The van der Waals surface area contributed by atoms with Crippen LogP contribution in [0.4, 0.5) is 4.79 Å². The molecule has 0 aliphatic carbocycles. The van der Waals surface area contributed by atoms with Crippen molar-refractivity contribution in [3.63, 3.8) is 0 Å². The number of nitrogens with two attached hydrogens (primary N) is 1. The third kappa shape index (κ3) is 7.30. The molecular weight excluding hydrogens is 260 g/mol. The Kier molecular flexibility index (Phi) is 7.52. The fourth-order valence-corrected chi connectivity index (χ4v) is 1.98. The van der Waals surface area contributed by atoms with Gasteiger partial charge in [-0.1, -0.05) is 20.3 Å². The molecule has 3 unspecified atom stereocenters. The van der Waals surface area contributed by atoms with Gasteiger partial charge < -0.3 is 26.4 Å². The molecule has 0 fully saturated rings. The normalized spacial score (nSPS) is 17.1. The molecule has 5 N–H and O–H groups in total. The van der Waals surface area contributed by atoms with E-state index in [4.69, 9.17) is 5.73 Å². The maximum Gasteiger partial charge on any atom is 0.312 e. The molecule has 0 aliphatic rings. The van der Waals surface area contributed by atoms with Crippen molar-refractivity contribution < 1.29 is 14.7 Å². The molecule has 3 atom stereocenters. The summed E-state index contributed by atoms with van der Waals surface area (Å²) in [6.07, 6.45) is 0.729. The summed E-state index contributed by atoms with van der Waals surface area (Å²) >= 11 is 0. The van der Waals surface area contributed by atoms with Gasteiger partial charge in [0.15, 0.2) is 0 Å². The Morgan fingerprint density at radius 2 is 1.95 bits per heavy atom. The van der Waals surface area contributed by atoms with Crippen molar-refractivity contribution in [2.45, 2.75) is 38.8 Å². The average molecular weight is 288 g/mol. The SMILES string of the molecule is CCC(C)C(NC(N)=O)C(=O)NCC(C)(O)CN(C)C. The summed E-state index contributed by atoms with van der Waals surface area (Å²) in [7, 11) is 3.68. The van der Waals surface area contributed by atoms with Gasteiger partial charge in [0.1, 0.15) is 6.04 Å². The van der Waals surface area contributed by atoms with E-state index in [1.807, 2.05) is 32.8 Å². The van der Waals surface area contributed by atoms with Crippen LogP contribution in [0.3, 0.4) is 0 Å². The first kappa shape index (κ1) is 18.7. The second kappa shape index (κ2) is 8.06. The second-order valence-electron chi connectivity index (χ2n) is 5.82. The fourth-order valence-electron chi connectivity index (χ4n) is 1.98. The van der Waals surface area contributed by atoms with Crippen LogP contribution in [0.25, 0.3) is 0 Å². The Labute approximate surface area is 120 Å². The van der Waals surface area contributed by atoms with Crippen LogP contribution < -0.4 is 16.4 Å². The lowest BCUT2D eigenvalue weighted by Crippen LogP contribution is -2.55. The predicted octanol–water partition coefficient (Wildman–Crippen LogP) is -0.502. The highest BCUT2D eigenvalue weighted by atomic mass is 16.3. The summed E-state index contributed by atoms with van der Waals surface area (Å²) in [4.78, 5) is 24.9. The van der Waals surface area contributed by atoms with E-state index in [2.05, 4.69) is 10.6 Å². The molecule has 0 saturated heterocycles. The van der Waals surface area contributed by atoms with Gasteiger partial charge in [0.05, 0.1) is 5.60 Å². The Bertz CT molecular complexity index is 332. The van der Waals surface area contributed by atoms with Gasteiger partial charge in [-0.3, -0.25) is 4.79 Å². The average Bonchev–Trinajstić information content (AvgIpc) is 2.30. The van der Waals surface area contributed by atoms with E-state index in [-0.39, 0.29) is 18.4 Å². The summed E-state index contributed by atoms with van der Waals surface area (Å²) in [5.74, 6) is -0.376. The molecule has 0 heterocycles. The van der Waals surface area contributed by atoms with Crippen LogP contribution in [-0.4, -0.2) is 60.8 Å². The van der Waals surface area contributed by atoms with Crippen molar-refractivity contribution >= 4 is 11.9 Å². The van der Waals surface area contributed by atoms with Gasteiger partial charge in [-0.05, 0) is 26.9 Å². The van der Waals surface area contributed by atoms with Crippen molar-refractivity contribution in [1.82, 2.24) is 15.5 Å². The maximum absolute atomic E-state index is 12.1. The fraction of sp³-hybridized carbons (Fsp3) is 0.846. The van der Waals surface area contributed by atoms with Crippen LogP contribution in [0.1, 0.15) is 27.2 Å². The smallest absolute Gasteiger partial charge is 0.312 e. The minimum atomic E-state index is -1.04. The van der Waals surface area contributed by atoms with E-state index in [0.717, 1.165) is 6.42 Å². The highest BCUT2D eigenvalue weighted by Gasteiger charge is 2.28. The number of likely N-dealkylation sites (N-methyl/N-ethyl adjacent to an activating group) is 1. The molecule has 7 nitrogen and oxygen atoms in total. The first-order valence-electron chi connectivity index (χ1n) is 6.80. The lowest BCUT2D eigenvalue weighted by Gasteiger charge is -2.29. The van der Waals surface area contributed by atoms with Gasteiger partial charge in [0.2, 0.25) is 5.91 Å². The van der Waals surface area contributed by atoms with E-state index in [9.17, 15) is 14.7 Å². The zero-order valence-electron chi connectivity index (χ0n) is 13.1. The minimum Gasteiger partial charge on any atom is -0.387 e. The Hall–Kier alpha value is -1.34. The number of carbonyl (C=O) groups excluding carboxylic acids is 2. The van der Waals surface area contributed by atoms with Crippen molar-refractivity contribution in [1.29, 1.82) is 0 Å². The molecule has 20 heavy (non-hydrogen) atoms. The van der Waals surface area contributed by atoms with Crippen LogP contribution in [0.2, 0.25) is 0 Å². The minimum absolute atomic E-state index is 0.0405. The van der Waals surface area contributed by atoms with Gasteiger partial charge in [-0.2, -0.15) is 0 Å². The molecular formula is C13H28N4O3. The third-order valence-corrected chi connectivity index (χ3v) is 3.09. The number of aliphatic hydroxyl groups is 1. The monoisotopic (exact) mass is 288 g/mol. The number of carbonyl (C=O) groups is 2. The molecule has 7 heteroatoms. The summed E-state index contributed by atoms with van der Waals surface area (Å²) in [6, 6.07) is -1.42. The standard InChI is InChI=1S/C13H28N4O3/c1-6-9(2)10(16-12(14)19)11(18)15-7-13(3,20)8-17(4)5/h9-10,20H,6-8H2,1-5H3,(H,15,18)(H3,14,16,19). The van der Waals surface area contributed by atoms with E-state index in [1.54, 1.807) is 6.92 Å². The quantitative estimate of drug-likeness (QED) is 0.483. The zero-order chi connectivity index (χ0) is 15.9. The van der Waals surface area contributed by atoms with Gasteiger partial charge >= 0.3 is 6.03 Å². The molecule has 0 saturated carbocycles.